The topological polar surface area (TPSA) is 70.7 Å². The zero-order chi connectivity index (χ0) is 14.2. The Kier molecular flexibility index (Phi) is 5.86. The van der Waals surface area contributed by atoms with Crippen molar-refractivity contribution in [1.82, 2.24) is 10.2 Å². The maximum atomic E-state index is 11.7. The Labute approximate surface area is 123 Å². The number of piperidine rings is 1. The molecule has 0 radical (unpaired) electrons. The molecular weight excluding hydrogens is 272 g/mol. The van der Waals surface area contributed by atoms with Gasteiger partial charge in [-0.1, -0.05) is 6.07 Å². The third-order valence-electron chi connectivity index (χ3n) is 3.32. The summed E-state index contributed by atoms with van der Waals surface area (Å²) in [5.41, 5.74) is 5.96. The fraction of sp³-hybridized carbons (Fsp3) is 0.571. The monoisotopic (exact) mass is 294 g/mol. The van der Waals surface area contributed by atoms with Crippen molar-refractivity contribution in [2.24, 2.45) is 10.7 Å². The summed E-state index contributed by atoms with van der Waals surface area (Å²) in [7, 11) is 0. The lowest BCUT2D eigenvalue weighted by Crippen LogP contribution is -2.41. The van der Waals surface area contributed by atoms with Gasteiger partial charge >= 0.3 is 0 Å². The third kappa shape index (κ3) is 4.52. The van der Waals surface area contributed by atoms with Crippen LogP contribution in [0.2, 0.25) is 0 Å². The summed E-state index contributed by atoms with van der Waals surface area (Å²) in [6.45, 7) is 3.33. The van der Waals surface area contributed by atoms with Crippen LogP contribution in [0.3, 0.4) is 0 Å². The molecule has 0 atom stereocenters. The number of nitrogens with one attached hydrogen (secondary N) is 1. The van der Waals surface area contributed by atoms with E-state index in [-0.39, 0.29) is 5.91 Å². The van der Waals surface area contributed by atoms with Crippen LogP contribution in [0.15, 0.2) is 22.5 Å². The van der Waals surface area contributed by atoms with Gasteiger partial charge in [0.2, 0.25) is 0 Å². The Morgan fingerprint density at radius 2 is 2.20 bits per heavy atom. The van der Waals surface area contributed by atoms with Crippen molar-refractivity contribution in [3.63, 3.8) is 0 Å². The number of hydrogen-bond acceptors (Lipinski definition) is 3. The fourth-order valence-electron chi connectivity index (χ4n) is 2.19. The molecule has 1 aliphatic rings. The fourth-order valence-corrected chi connectivity index (χ4v) is 2.83. The van der Waals surface area contributed by atoms with E-state index in [1.54, 1.807) is 0 Å². The average Bonchev–Trinajstić information content (AvgIpc) is 3.01. The molecule has 5 nitrogen and oxygen atoms in total. The van der Waals surface area contributed by atoms with E-state index in [4.69, 9.17) is 5.73 Å². The van der Waals surface area contributed by atoms with E-state index in [9.17, 15) is 4.79 Å². The first-order valence-corrected chi connectivity index (χ1v) is 8.02. The molecule has 6 heteroatoms. The van der Waals surface area contributed by atoms with Crippen LogP contribution in [-0.2, 0) is 0 Å². The van der Waals surface area contributed by atoms with E-state index in [2.05, 4.69) is 15.2 Å². The number of nitrogens with two attached hydrogens (primary N) is 1. The number of guanidine groups is 1. The number of carbonyl (C=O) groups excluding carboxylic acids is 1. The summed E-state index contributed by atoms with van der Waals surface area (Å²) in [5.74, 6) is 0.641. The van der Waals surface area contributed by atoms with Crippen LogP contribution in [0.1, 0.15) is 35.4 Å². The largest absolute Gasteiger partial charge is 0.370 e. The minimum absolute atomic E-state index is 0.00650. The number of amides is 1. The van der Waals surface area contributed by atoms with Crippen molar-refractivity contribution >= 4 is 23.2 Å². The number of carbonyl (C=O) groups is 1. The second kappa shape index (κ2) is 7.89. The standard InChI is InChI=1S/C14H22N4OS/c15-14(18-9-2-1-3-10-18)17-8-5-7-16-13(19)12-6-4-11-20-12/h4,6,11H,1-3,5,7-10H2,(H2,15,17)(H,16,19). The van der Waals surface area contributed by atoms with Crippen molar-refractivity contribution < 1.29 is 4.79 Å². The Bertz CT molecular complexity index is 438. The van der Waals surface area contributed by atoms with E-state index < -0.39 is 0 Å². The Morgan fingerprint density at radius 3 is 2.90 bits per heavy atom. The van der Waals surface area contributed by atoms with Gasteiger partial charge in [-0.15, -0.1) is 11.3 Å². The quantitative estimate of drug-likeness (QED) is 0.493. The second-order valence-corrected chi connectivity index (χ2v) is 5.82. The highest BCUT2D eigenvalue weighted by molar-refractivity contribution is 7.12. The van der Waals surface area contributed by atoms with E-state index in [0.717, 1.165) is 24.4 Å². The van der Waals surface area contributed by atoms with Gasteiger partial charge in [0.05, 0.1) is 4.88 Å². The highest BCUT2D eigenvalue weighted by atomic mass is 32.1. The minimum Gasteiger partial charge on any atom is -0.370 e. The molecule has 1 aromatic rings. The van der Waals surface area contributed by atoms with Gasteiger partial charge in [-0.05, 0) is 37.1 Å². The summed E-state index contributed by atoms with van der Waals surface area (Å²) in [6, 6.07) is 3.70. The van der Waals surface area contributed by atoms with Gasteiger partial charge in [-0.3, -0.25) is 9.79 Å². The van der Waals surface area contributed by atoms with Crippen LogP contribution in [0.5, 0.6) is 0 Å². The first kappa shape index (κ1) is 14.8. The van der Waals surface area contributed by atoms with E-state index in [1.165, 1.54) is 30.6 Å². The summed E-state index contributed by atoms with van der Waals surface area (Å²) >= 11 is 1.45. The predicted molar refractivity (Wildman–Crippen MR) is 83.2 cm³/mol. The number of likely N-dealkylation sites (tertiary alicyclic amines) is 1. The van der Waals surface area contributed by atoms with Crippen molar-refractivity contribution in [1.29, 1.82) is 0 Å². The zero-order valence-electron chi connectivity index (χ0n) is 11.7. The summed E-state index contributed by atoms with van der Waals surface area (Å²) in [4.78, 5) is 19.0. The van der Waals surface area contributed by atoms with Crippen LogP contribution in [-0.4, -0.2) is 42.9 Å². The van der Waals surface area contributed by atoms with Crippen molar-refractivity contribution in [3.8, 4) is 0 Å². The van der Waals surface area contributed by atoms with E-state index in [1.807, 2.05) is 17.5 Å². The van der Waals surface area contributed by atoms with Crippen LogP contribution in [0.25, 0.3) is 0 Å². The molecule has 0 aliphatic carbocycles. The molecule has 2 heterocycles. The van der Waals surface area contributed by atoms with Gasteiger partial charge in [-0.2, -0.15) is 0 Å². The molecule has 0 aromatic carbocycles. The maximum absolute atomic E-state index is 11.7. The van der Waals surface area contributed by atoms with Gasteiger partial charge in [0.1, 0.15) is 0 Å². The first-order valence-electron chi connectivity index (χ1n) is 7.14. The molecule has 110 valence electrons. The average molecular weight is 294 g/mol. The molecule has 1 aliphatic heterocycles. The molecule has 3 N–H and O–H groups in total. The second-order valence-electron chi connectivity index (χ2n) is 4.87. The van der Waals surface area contributed by atoms with Crippen molar-refractivity contribution in [2.75, 3.05) is 26.2 Å². The number of rotatable bonds is 5. The van der Waals surface area contributed by atoms with Crippen LogP contribution in [0, 0.1) is 0 Å². The van der Waals surface area contributed by atoms with Gasteiger partial charge in [0.25, 0.3) is 5.91 Å². The molecule has 0 saturated carbocycles. The van der Waals surface area contributed by atoms with Crippen LogP contribution in [0.4, 0.5) is 0 Å². The van der Waals surface area contributed by atoms with Gasteiger partial charge in [-0.25, -0.2) is 0 Å². The highest BCUT2D eigenvalue weighted by Crippen LogP contribution is 2.08. The molecular formula is C14H22N4OS. The van der Waals surface area contributed by atoms with Gasteiger partial charge in [0.15, 0.2) is 5.96 Å². The summed E-state index contributed by atoms with van der Waals surface area (Å²) in [6.07, 6.45) is 4.50. The molecule has 0 spiro atoms. The molecule has 2 rings (SSSR count). The SMILES string of the molecule is NC(=NCCCNC(=O)c1cccs1)N1CCCCC1. The zero-order valence-corrected chi connectivity index (χ0v) is 12.5. The molecule has 1 fully saturated rings. The van der Waals surface area contributed by atoms with Gasteiger partial charge in [0, 0.05) is 26.2 Å². The first-order chi connectivity index (χ1) is 9.77. The molecule has 1 amide bonds. The number of aliphatic imine (C=N–C) groups is 1. The Morgan fingerprint density at radius 1 is 1.40 bits per heavy atom. The van der Waals surface area contributed by atoms with Crippen molar-refractivity contribution in [2.45, 2.75) is 25.7 Å². The smallest absolute Gasteiger partial charge is 0.261 e. The molecule has 20 heavy (non-hydrogen) atoms. The molecule has 1 aromatic heterocycles. The lowest BCUT2D eigenvalue weighted by Gasteiger charge is -2.27. The maximum Gasteiger partial charge on any atom is 0.261 e. The summed E-state index contributed by atoms with van der Waals surface area (Å²) < 4.78 is 0. The van der Waals surface area contributed by atoms with Crippen LogP contribution >= 0.6 is 11.3 Å². The number of nitrogens with zero attached hydrogens (tertiary/aromatic N) is 2. The van der Waals surface area contributed by atoms with E-state index in [0.29, 0.717) is 19.0 Å². The third-order valence-corrected chi connectivity index (χ3v) is 4.19. The number of thiophene rings is 1. The minimum atomic E-state index is -0.00650. The molecule has 1 saturated heterocycles. The lowest BCUT2D eigenvalue weighted by atomic mass is 10.1. The van der Waals surface area contributed by atoms with Crippen molar-refractivity contribution in [3.05, 3.63) is 22.4 Å². The Hall–Kier alpha value is -1.56. The normalized spacial score (nSPS) is 16.2. The predicted octanol–water partition coefficient (Wildman–Crippen LogP) is 1.67. The molecule has 0 unspecified atom stereocenters. The lowest BCUT2D eigenvalue weighted by molar-refractivity contribution is 0.0957. The Balaban J connectivity index is 1.62. The number of hydrogen-bond donors (Lipinski definition) is 2. The van der Waals surface area contributed by atoms with Crippen LogP contribution < -0.4 is 11.1 Å². The summed E-state index contributed by atoms with van der Waals surface area (Å²) in [5, 5.41) is 4.79. The molecule has 0 bridgehead atoms. The highest BCUT2D eigenvalue weighted by Gasteiger charge is 2.11. The van der Waals surface area contributed by atoms with E-state index >= 15 is 0 Å². The van der Waals surface area contributed by atoms with Gasteiger partial charge < -0.3 is 16.0 Å².